The number of halogens is 1. The number of benzene rings is 1. The van der Waals surface area contributed by atoms with Crippen molar-refractivity contribution in [2.45, 2.75) is 52.2 Å². The molecule has 0 aliphatic carbocycles. The van der Waals surface area contributed by atoms with E-state index in [9.17, 15) is 0 Å². The van der Waals surface area contributed by atoms with E-state index in [0.29, 0.717) is 0 Å². The maximum atomic E-state index is 6.09. The Balaban J connectivity index is 0.00000256. The molecule has 0 unspecified atom stereocenters. The van der Waals surface area contributed by atoms with Crippen molar-refractivity contribution < 1.29 is 4.74 Å². The summed E-state index contributed by atoms with van der Waals surface area (Å²) in [7, 11) is 0. The second-order valence-corrected chi connectivity index (χ2v) is 4.48. The second kappa shape index (κ2) is 8.37. The van der Waals surface area contributed by atoms with Crippen LogP contribution in [0, 0.1) is 0 Å². The van der Waals surface area contributed by atoms with E-state index in [1.54, 1.807) is 0 Å². The van der Waals surface area contributed by atoms with Crippen molar-refractivity contribution in [2.24, 2.45) is 5.73 Å². The molecular formula is C14H24ClNO. The van der Waals surface area contributed by atoms with Crippen LogP contribution in [0.25, 0.3) is 0 Å². The molecule has 0 aliphatic heterocycles. The summed E-state index contributed by atoms with van der Waals surface area (Å²) in [4.78, 5) is 0. The smallest absolute Gasteiger partial charge is 0.119 e. The molecule has 2 N–H and O–H groups in total. The molecule has 0 aliphatic rings. The van der Waals surface area contributed by atoms with Crippen LogP contribution in [0.2, 0.25) is 0 Å². The Morgan fingerprint density at radius 1 is 1.18 bits per heavy atom. The topological polar surface area (TPSA) is 35.2 Å². The van der Waals surface area contributed by atoms with Gasteiger partial charge >= 0.3 is 0 Å². The molecule has 0 amide bonds. The minimum absolute atomic E-state index is 0. The average Bonchev–Trinajstić information content (AvgIpc) is 2.26. The summed E-state index contributed by atoms with van der Waals surface area (Å²) in [5.74, 6) is 0.918. The highest BCUT2D eigenvalue weighted by molar-refractivity contribution is 5.85. The number of unbranched alkanes of at least 4 members (excludes halogenated alkanes) is 1. The van der Waals surface area contributed by atoms with Crippen LogP contribution in [0.5, 0.6) is 5.75 Å². The number of hydrogen-bond donors (Lipinski definition) is 1. The van der Waals surface area contributed by atoms with Crippen LogP contribution < -0.4 is 10.5 Å². The van der Waals surface area contributed by atoms with Gasteiger partial charge in [0.25, 0.3) is 0 Å². The molecule has 0 radical (unpaired) electrons. The molecule has 0 saturated carbocycles. The predicted molar refractivity (Wildman–Crippen MR) is 75.9 cm³/mol. The number of nitrogens with two attached hydrogens (primary N) is 1. The Morgan fingerprint density at radius 2 is 1.76 bits per heavy atom. The van der Waals surface area contributed by atoms with E-state index in [0.717, 1.165) is 12.2 Å². The zero-order chi connectivity index (χ0) is 12.0. The van der Waals surface area contributed by atoms with Crippen LogP contribution in [0.3, 0.4) is 0 Å². The second-order valence-electron chi connectivity index (χ2n) is 4.48. The van der Waals surface area contributed by atoms with Crippen LogP contribution in [-0.4, -0.2) is 6.10 Å². The standard InChI is InChI=1S/C14H23NO.ClH/c1-4-5-6-14(15)12-7-9-13(10-8-12)16-11(2)3;/h7-11,14H,4-6,15H2,1-3H3;1H/t14-;/m0./s1. The molecule has 17 heavy (non-hydrogen) atoms. The number of hydrogen-bond acceptors (Lipinski definition) is 2. The van der Waals surface area contributed by atoms with Crippen molar-refractivity contribution in [3.8, 4) is 5.75 Å². The predicted octanol–water partition coefficient (Wildman–Crippen LogP) is 4.09. The summed E-state index contributed by atoms with van der Waals surface area (Å²) in [6.45, 7) is 6.24. The van der Waals surface area contributed by atoms with Crippen LogP contribution in [0.4, 0.5) is 0 Å². The lowest BCUT2D eigenvalue weighted by atomic mass is 10.0. The molecule has 0 spiro atoms. The summed E-state index contributed by atoms with van der Waals surface area (Å²) in [6, 6.07) is 8.30. The van der Waals surface area contributed by atoms with Gasteiger partial charge in [-0.1, -0.05) is 31.9 Å². The molecule has 0 heterocycles. The molecule has 0 saturated heterocycles. The Morgan fingerprint density at radius 3 is 2.24 bits per heavy atom. The molecule has 98 valence electrons. The summed E-state index contributed by atoms with van der Waals surface area (Å²) >= 11 is 0. The molecule has 1 aromatic rings. The van der Waals surface area contributed by atoms with E-state index in [2.05, 4.69) is 19.1 Å². The Bertz CT molecular complexity index is 298. The molecule has 0 fully saturated rings. The maximum Gasteiger partial charge on any atom is 0.119 e. The molecule has 0 aromatic heterocycles. The van der Waals surface area contributed by atoms with Crippen LogP contribution in [-0.2, 0) is 0 Å². The van der Waals surface area contributed by atoms with Gasteiger partial charge in [0.1, 0.15) is 5.75 Å². The van der Waals surface area contributed by atoms with Gasteiger partial charge in [0.05, 0.1) is 6.10 Å². The molecule has 2 nitrogen and oxygen atoms in total. The zero-order valence-electron chi connectivity index (χ0n) is 11.0. The zero-order valence-corrected chi connectivity index (χ0v) is 11.8. The van der Waals surface area contributed by atoms with Crippen molar-refractivity contribution in [3.63, 3.8) is 0 Å². The van der Waals surface area contributed by atoms with Gasteiger partial charge in [-0.3, -0.25) is 0 Å². The lowest BCUT2D eigenvalue weighted by Gasteiger charge is -2.13. The Labute approximate surface area is 111 Å². The highest BCUT2D eigenvalue weighted by Crippen LogP contribution is 2.20. The van der Waals surface area contributed by atoms with Crippen molar-refractivity contribution in [2.75, 3.05) is 0 Å². The summed E-state index contributed by atoms with van der Waals surface area (Å²) < 4.78 is 5.59. The van der Waals surface area contributed by atoms with Crippen molar-refractivity contribution in [1.82, 2.24) is 0 Å². The van der Waals surface area contributed by atoms with Gasteiger partial charge in [-0.15, -0.1) is 12.4 Å². The summed E-state index contributed by atoms with van der Waals surface area (Å²) in [5.41, 5.74) is 7.29. The van der Waals surface area contributed by atoms with Gasteiger partial charge in [0.15, 0.2) is 0 Å². The maximum absolute atomic E-state index is 6.09. The van der Waals surface area contributed by atoms with Crippen LogP contribution >= 0.6 is 12.4 Å². The van der Waals surface area contributed by atoms with Gasteiger partial charge in [-0.25, -0.2) is 0 Å². The van der Waals surface area contributed by atoms with Crippen molar-refractivity contribution in [3.05, 3.63) is 29.8 Å². The van der Waals surface area contributed by atoms with Crippen molar-refractivity contribution in [1.29, 1.82) is 0 Å². The first-order chi connectivity index (χ1) is 7.63. The third kappa shape index (κ3) is 5.94. The molecule has 0 bridgehead atoms. The highest BCUT2D eigenvalue weighted by Gasteiger charge is 2.05. The quantitative estimate of drug-likeness (QED) is 0.833. The largest absolute Gasteiger partial charge is 0.491 e. The molecule has 1 aromatic carbocycles. The highest BCUT2D eigenvalue weighted by atomic mass is 35.5. The van der Waals surface area contributed by atoms with Crippen LogP contribution in [0.1, 0.15) is 51.6 Å². The first-order valence-electron chi connectivity index (χ1n) is 6.15. The first-order valence-corrected chi connectivity index (χ1v) is 6.15. The monoisotopic (exact) mass is 257 g/mol. The van der Waals surface area contributed by atoms with Gasteiger partial charge in [-0.05, 0) is 38.0 Å². The Kier molecular flexibility index (Phi) is 8.01. The SMILES string of the molecule is CCCC[C@H](N)c1ccc(OC(C)C)cc1.Cl. The van der Waals surface area contributed by atoms with E-state index in [1.165, 1.54) is 18.4 Å². The summed E-state index contributed by atoms with van der Waals surface area (Å²) in [6.07, 6.45) is 3.66. The van der Waals surface area contributed by atoms with Crippen molar-refractivity contribution >= 4 is 12.4 Å². The molecule has 1 rings (SSSR count). The fraction of sp³-hybridized carbons (Fsp3) is 0.571. The minimum atomic E-state index is 0. The number of rotatable bonds is 6. The minimum Gasteiger partial charge on any atom is -0.491 e. The van der Waals surface area contributed by atoms with Gasteiger partial charge < -0.3 is 10.5 Å². The first kappa shape index (κ1) is 16.3. The third-order valence-corrected chi connectivity index (χ3v) is 2.55. The van der Waals surface area contributed by atoms with Crippen LogP contribution in [0.15, 0.2) is 24.3 Å². The lowest BCUT2D eigenvalue weighted by Crippen LogP contribution is -2.10. The van der Waals surface area contributed by atoms with Gasteiger partial charge in [0.2, 0.25) is 0 Å². The van der Waals surface area contributed by atoms with Gasteiger partial charge in [-0.2, -0.15) is 0 Å². The van der Waals surface area contributed by atoms with E-state index < -0.39 is 0 Å². The van der Waals surface area contributed by atoms with E-state index in [1.807, 2.05) is 26.0 Å². The third-order valence-electron chi connectivity index (χ3n) is 2.55. The van der Waals surface area contributed by atoms with Gasteiger partial charge in [0, 0.05) is 6.04 Å². The summed E-state index contributed by atoms with van der Waals surface area (Å²) in [5, 5.41) is 0. The fourth-order valence-corrected chi connectivity index (χ4v) is 1.66. The molecule has 3 heteroatoms. The molecule has 1 atom stereocenters. The fourth-order valence-electron chi connectivity index (χ4n) is 1.66. The van der Waals surface area contributed by atoms with E-state index in [4.69, 9.17) is 10.5 Å². The average molecular weight is 258 g/mol. The lowest BCUT2D eigenvalue weighted by molar-refractivity contribution is 0.242. The van der Waals surface area contributed by atoms with E-state index in [-0.39, 0.29) is 24.6 Å². The normalized spacial score (nSPS) is 12.1. The van der Waals surface area contributed by atoms with E-state index >= 15 is 0 Å². The Hall–Kier alpha value is -0.730. The number of ether oxygens (including phenoxy) is 1. The molecular weight excluding hydrogens is 234 g/mol.